The predicted octanol–water partition coefficient (Wildman–Crippen LogP) is 3.43. The van der Waals surface area contributed by atoms with E-state index in [2.05, 4.69) is 48.4 Å². The molecule has 28 heavy (non-hydrogen) atoms. The lowest BCUT2D eigenvalue weighted by Crippen LogP contribution is -2.20. The van der Waals surface area contributed by atoms with Gasteiger partial charge in [-0.3, -0.25) is 5.32 Å². The number of hydrogen-bond donors (Lipinski definition) is 1. The highest BCUT2D eigenvalue weighted by atomic mass is 16.5. The topological polar surface area (TPSA) is 64.4 Å². The Balaban J connectivity index is 1.83. The third kappa shape index (κ3) is 3.43. The second kappa shape index (κ2) is 7.56. The third-order valence-corrected chi connectivity index (χ3v) is 4.98. The molecule has 4 aromatic rings. The summed E-state index contributed by atoms with van der Waals surface area (Å²) in [5, 5.41) is 5.67. The lowest BCUT2D eigenvalue weighted by atomic mass is 10.1. The second-order valence-electron chi connectivity index (χ2n) is 7.37. The second-order valence-corrected chi connectivity index (χ2v) is 7.37. The van der Waals surface area contributed by atoms with Crippen molar-refractivity contribution in [3.63, 3.8) is 0 Å². The van der Waals surface area contributed by atoms with Crippen LogP contribution in [0.5, 0.6) is 5.75 Å². The fourth-order valence-corrected chi connectivity index (χ4v) is 3.46. The third-order valence-electron chi connectivity index (χ3n) is 4.98. The maximum Gasteiger partial charge on any atom is 0.300 e. The molecule has 0 atom stereocenters. The van der Waals surface area contributed by atoms with Crippen molar-refractivity contribution >= 4 is 38.7 Å². The van der Waals surface area contributed by atoms with Crippen molar-refractivity contribution in [3.8, 4) is 5.75 Å². The van der Waals surface area contributed by atoms with Gasteiger partial charge in [0.25, 0.3) is 0 Å². The highest BCUT2D eigenvalue weighted by Gasteiger charge is 2.16. The largest absolute Gasteiger partial charge is 0.497 e. The molecule has 0 aliphatic heterocycles. The van der Waals surface area contributed by atoms with E-state index in [1.807, 2.05) is 24.4 Å². The molecule has 2 aromatic carbocycles. The zero-order chi connectivity index (χ0) is 19.7. The molecule has 6 heteroatoms. The van der Waals surface area contributed by atoms with Crippen LogP contribution in [0.1, 0.15) is 12.0 Å². The van der Waals surface area contributed by atoms with Crippen molar-refractivity contribution in [3.05, 3.63) is 42.1 Å². The van der Waals surface area contributed by atoms with Crippen LogP contribution in [0.3, 0.4) is 0 Å². The summed E-state index contributed by atoms with van der Waals surface area (Å²) in [7, 11) is 5.86. The number of pyridine rings is 1. The van der Waals surface area contributed by atoms with Gasteiger partial charge in [-0.25, -0.2) is 15.0 Å². The Labute approximate surface area is 164 Å². The molecule has 0 saturated carbocycles. The first-order valence-corrected chi connectivity index (χ1v) is 9.55. The maximum atomic E-state index is 5.36. The van der Waals surface area contributed by atoms with Gasteiger partial charge in [0.2, 0.25) is 0 Å². The lowest BCUT2D eigenvalue weighted by Gasteiger charge is -2.10. The molecular formula is C22H26N5O+. The van der Waals surface area contributed by atoms with Crippen LogP contribution in [0.25, 0.3) is 32.8 Å². The van der Waals surface area contributed by atoms with Gasteiger partial charge in [-0.2, -0.15) is 0 Å². The number of anilines is 1. The number of hydrogen-bond acceptors (Lipinski definition) is 5. The molecule has 0 bridgehead atoms. The Hall–Kier alpha value is -2.99. The van der Waals surface area contributed by atoms with Crippen molar-refractivity contribution in [2.75, 3.05) is 39.6 Å². The fraction of sp³-hybridized carbons (Fsp3) is 0.318. The first kappa shape index (κ1) is 18.4. The van der Waals surface area contributed by atoms with Gasteiger partial charge >= 0.3 is 5.82 Å². The van der Waals surface area contributed by atoms with E-state index < -0.39 is 0 Å². The van der Waals surface area contributed by atoms with Crippen molar-refractivity contribution in [1.82, 2.24) is 14.9 Å². The van der Waals surface area contributed by atoms with E-state index in [1.54, 1.807) is 7.11 Å². The molecule has 0 radical (unpaired) electrons. The molecule has 0 aliphatic carbocycles. The molecule has 0 spiro atoms. The Morgan fingerprint density at radius 1 is 1.07 bits per heavy atom. The van der Waals surface area contributed by atoms with Crippen LogP contribution in [0.15, 0.2) is 36.5 Å². The van der Waals surface area contributed by atoms with Gasteiger partial charge in [0.1, 0.15) is 11.3 Å². The molecule has 0 unspecified atom stereocenters. The Morgan fingerprint density at radius 2 is 1.93 bits per heavy atom. The zero-order valence-corrected chi connectivity index (χ0v) is 16.8. The van der Waals surface area contributed by atoms with Gasteiger partial charge in [0, 0.05) is 17.5 Å². The van der Waals surface area contributed by atoms with E-state index in [9.17, 15) is 0 Å². The predicted molar refractivity (Wildman–Crippen MR) is 114 cm³/mol. The molecule has 0 amide bonds. The quantitative estimate of drug-likeness (QED) is 0.317. The van der Waals surface area contributed by atoms with Gasteiger partial charge in [0.05, 0.1) is 30.9 Å². The number of aromatic nitrogens is 3. The number of aromatic amines is 1. The van der Waals surface area contributed by atoms with Crippen LogP contribution in [0.2, 0.25) is 0 Å². The maximum absolute atomic E-state index is 5.36. The summed E-state index contributed by atoms with van der Waals surface area (Å²) >= 11 is 0. The summed E-state index contributed by atoms with van der Waals surface area (Å²) < 4.78 is 5.36. The van der Waals surface area contributed by atoms with E-state index in [-0.39, 0.29) is 0 Å². The minimum Gasteiger partial charge on any atom is -0.497 e. The normalized spacial score (nSPS) is 11.6. The first-order chi connectivity index (χ1) is 13.6. The van der Waals surface area contributed by atoms with Gasteiger partial charge in [-0.1, -0.05) is 6.07 Å². The standard InChI is InChI=1S/C22H25N5O/c1-14-13-24-22(23-10-5-11-27(2)3)21-19(14)25-18-9-6-15-12-16(28-4)7-8-17(15)20(18)26-21/h6-9,12-13H,5,10-11H2,1-4H3,(H,23,24)/p+1. The van der Waals surface area contributed by atoms with E-state index in [0.29, 0.717) is 0 Å². The molecule has 144 valence electrons. The summed E-state index contributed by atoms with van der Waals surface area (Å²) in [4.78, 5) is 15.5. The monoisotopic (exact) mass is 376 g/mol. The van der Waals surface area contributed by atoms with Crippen LogP contribution in [0, 0.1) is 6.92 Å². The molecule has 2 N–H and O–H groups in total. The van der Waals surface area contributed by atoms with Crippen molar-refractivity contribution < 1.29 is 9.72 Å². The molecule has 6 nitrogen and oxygen atoms in total. The molecule has 4 rings (SSSR count). The van der Waals surface area contributed by atoms with Gasteiger partial charge in [-0.15, -0.1) is 0 Å². The molecule has 0 aliphatic rings. The Kier molecular flexibility index (Phi) is 4.96. The minimum absolute atomic E-state index is 0.841. The number of nitrogens with zero attached hydrogens (tertiary/aromatic N) is 3. The number of aryl methyl sites for hydroxylation is 1. The number of ether oxygens (including phenoxy) is 1. The molecule has 0 saturated heterocycles. The Bertz CT molecular complexity index is 1160. The van der Waals surface area contributed by atoms with E-state index >= 15 is 0 Å². The molecule has 2 aromatic heterocycles. The lowest BCUT2D eigenvalue weighted by molar-refractivity contribution is -0.360. The molecule has 2 heterocycles. The van der Waals surface area contributed by atoms with E-state index in [4.69, 9.17) is 14.7 Å². The first-order valence-electron chi connectivity index (χ1n) is 9.55. The number of methoxy groups -OCH3 is 1. The summed E-state index contributed by atoms with van der Waals surface area (Å²) in [6, 6.07) is 10.2. The number of rotatable bonds is 6. The van der Waals surface area contributed by atoms with E-state index in [1.165, 1.54) is 0 Å². The zero-order valence-electron chi connectivity index (χ0n) is 16.8. The van der Waals surface area contributed by atoms with Gasteiger partial charge < -0.3 is 9.64 Å². The van der Waals surface area contributed by atoms with Crippen LogP contribution in [0.4, 0.5) is 5.82 Å². The number of fused-ring (bicyclic) bond motifs is 4. The van der Waals surface area contributed by atoms with Crippen LogP contribution < -0.4 is 15.0 Å². The number of benzene rings is 2. The summed E-state index contributed by atoms with van der Waals surface area (Å²) in [5.41, 5.74) is 4.69. The average molecular weight is 376 g/mol. The van der Waals surface area contributed by atoms with Crippen molar-refractivity contribution in [1.29, 1.82) is 0 Å². The van der Waals surface area contributed by atoms with Gasteiger partial charge in [-0.05, 0) is 57.1 Å². The van der Waals surface area contributed by atoms with Gasteiger partial charge in [0.15, 0.2) is 5.52 Å². The number of H-pyrrole nitrogens is 1. The van der Waals surface area contributed by atoms with Crippen molar-refractivity contribution in [2.45, 2.75) is 13.3 Å². The van der Waals surface area contributed by atoms with Crippen LogP contribution >= 0.6 is 0 Å². The summed E-state index contributed by atoms with van der Waals surface area (Å²) in [6.45, 7) is 3.97. The molecule has 0 fully saturated rings. The average Bonchev–Trinajstić information content (AvgIpc) is 2.71. The smallest absolute Gasteiger partial charge is 0.300 e. The summed E-state index contributed by atoms with van der Waals surface area (Å²) in [5.74, 6) is 1.76. The summed E-state index contributed by atoms with van der Waals surface area (Å²) in [6.07, 6.45) is 3.04. The van der Waals surface area contributed by atoms with Crippen LogP contribution in [-0.2, 0) is 0 Å². The fourth-order valence-electron chi connectivity index (χ4n) is 3.46. The number of nitrogens with one attached hydrogen (secondary N) is 2. The molecular weight excluding hydrogens is 350 g/mol. The Morgan fingerprint density at radius 3 is 2.71 bits per heavy atom. The minimum atomic E-state index is 0.841. The SMILES string of the molecule is COc1ccc2c(ccc3nc4c(C)c[nH+]c(NCCCN(C)C)c4nc32)c1. The van der Waals surface area contributed by atoms with E-state index in [0.717, 1.165) is 69.5 Å². The van der Waals surface area contributed by atoms with Crippen LogP contribution in [-0.4, -0.2) is 49.2 Å². The van der Waals surface area contributed by atoms with Crippen molar-refractivity contribution in [2.24, 2.45) is 0 Å². The highest BCUT2D eigenvalue weighted by Crippen LogP contribution is 2.29. The highest BCUT2D eigenvalue weighted by molar-refractivity contribution is 6.07.